The van der Waals surface area contributed by atoms with E-state index >= 15 is 0 Å². The third-order valence-corrected chi connectivity index (χ3v) is 3.60. The summed E-state index contributed by atoms with van der Waals surface area (Å²) in [7, 11) is 3.74. The molecule has 0 bridgehead atoms. The second kappa shape index (κ2) is 6.02. The summed E-state index contributed by atoms with van der Waals surface area (Å²) < 4.78 is 13.3. The number of hydrogen-bond donors (Lipinski definition) is 1. The highest BCUT2D eigenvalue weighted by Crippen LogP contribution is 2.21. The molecular formula is C14H20FN3O. The van der Waals surface area contributed by atoms with E-state index in [4.69, 9.17) is 0 Å². The van der Waals surface area contributed by atoms with Crippen LogP contribution in [0.25, 0.3) is 0 Å². The summed E-state index contributed by atoms with van der Waals surface area (Å²) in [5, 5.41) is 3.10. The Morgan fingerprint density at radius 3 is 2.95 bits per heavy atom. The van der Waals surface area contributed by atoms with Crippen LogP contribution < -0.4 is 10.2 Å². The summed E-state index contributed by atoms with van der Waals surface area (Å²) in [5.41, 5.74) is 0.774. The van der Waals surface area contributed by atoms with Crippen LogP contribution in [0.15, 0.2) is 24.3 Å². The minimum atomic E-state index is -0.268. The molecular weight excluding hydrogens is 245 g/mol. The second-order valence-electron chi connectivity index (χ2n) is 4.91. The van der Waals surface area contributed by atoms with Crippen molar-refractivity contribution in [3.8, 4) is 0 Å². The van der Waals surface area contributed by atoms with Crippen molar-refractivity contribution in [2.75, 3.05) is 38.6 Å². The van der Waals surface area contributed by atoms with E-state index in [1.807, 2.05) is 25.1 Å². The normalized spacial score (nSPS) is 19.9. The fourth-order valence-corrected chi connectivity index (χ4v) is 2.39. The van der Waals surface area contributed by atoms with Gasteiger partial charge in [0.1, 0.15) is 5.82 Å². The van der Waals surface area contributed by atoms with Crippen molar-refractivity contribution in [1.29, 1.82) is 0 Å². The van der Waals surface area contributed by atoms with Gasteiger partial charge in [-0.3, -0.25) is 4.79 Å². The van der Waals surface area contributed by atoms with Gasteiger partial charge < -0.3 is 15.1 Å². The number of anilines is 1. The molecule has 1 unspecified atom stereocenters. The minimum Gasteiger partial charge on any atom is -0.360 e. The summed E-state index contributed by atoms with van der Waals surface area (Å²) in [4.78, 5) is 15.8. The van der Waals surface area contributed by atoms with Gasteiger partial charge in [-0.15, -0.1) is 0 Å². The van der Waals surface area contributed by atoms with E-state index in [2.05, 4.69) is 5.32 Å². The lowest BCUT2D eigenvalue weighted by molar-refractivity contribution is -0.132. The molecule has 1 heterocycles. The maximum atomic E-state index is 13.3. The fourth-order valence-electron chi connectivity index (χ4n) is 2.39. The van der Waals surface area contributed by atoms with Crippen LogP contribution in [0.4, 0.5) is 10.1 Å². The number of carbonyl (C=O) groups excluding carboxylic acids is 1. The van der Waals surface area contributed by atoms with Gasteiger partial charge in [-0.2, -0.15) is 0 Å². The first-order valence-corrected chi connectivity index (χ1v) is 6.52. The molecule has 1 atom stereocenters. The van der Waals surface area contributed by atoms with Gasteiger partial charge in [0.15, 0.2) is 0 Å². The lowest BCUT2D eigenvalue weighted by Gasteiger charge is -2.40. The topological polar surface area (TPSA) is 35.6 Å². The number of piperazine rings is 1. The summed E-state index contributed by atoms with van der Waals surface area (Å²) in [6.07, 6.45) is 0.893. The van der Waals surface area contributed by atoms with Gasteiger partial charge in [0.05, 0.1) is 12.6 Å². The quantitative estimate of drug-likeness (QED) is 0.885. The lowest BCUT2D eigenvalue weighted by Crippen LogP contribution is -2.55. The molecule has 0 aliphatic carbocycles. The van der Waals surface area contributed by atoms with E-state index < -0.39 is 0 Å². The van der Waals surface area contributed by atoms with E-state index in [0.29, 0.717) is 6.54 Å². The van der Waals surface area contributed by atoms with Gasteiger partial charge in [-0.25, -0.2) is 4.39 Å². The van der Waals surface area contributed by atoms with Gasteiger partial charge in [0.2, 0.25) is 5.91 Å². The molecule has 1 fully saturated rings. The molecule has 1 saturated heterocycles. The standard InChI is InChI=1S/C14H20FN3O/c1-16-7-6-13-9-18(10-14(19)17(13)2)12-5-3-4-11(15)8-12/h3-5,8,13,16H,6-7,9-10H2,1-2H3. The molecule has 1 aliphatic rings. The number of halogens is 1. The Labute approximate surface area is 113 Å². The van der Waals surface area contributed by atoms with Crippen molar-refractivity contribution in [1.82, 2.24) is 10.2 Å². The Kier molecular flexibility index (Phi) is 4.37. The van der Waals surface area contributed by atoms with Crippen molar-refractivity contribution < 1.29 is 9.18 Å². The monoisotopic (exact) mass is 265 g/mol. The lowest BCUT2D eigenvalue weighted by atomic mass is 10.1. The van der Waals surface area contributed by atoms with Crippen LogP contribution in [0, 0.1) is 5.82 Å². The van der Waals surface area contributed by atoms with Crippen molar-refractivity contribution in [2.45, 2.75) is 12.5 Å². The number of hydrogen-bond acceptors (Lipinski definition) is 3. The van der Waals surface area contributed by atoms with E-state index in [0.717, 1.165) is 25.2 Å². The van der Waals surface area contributed by atoms with Crippen molar-refractivity contribution >= 4 is 11.6 Å². The third kappa shape index (κ3) is 3.23. The number of nitrogens with zero attached hydrogens (tertiary/aromatic N) is 2. The molecule has 5 heteroatoms. The number of likely N-dealkylation sites (N-methyl/N-ethyl adjacent to an activating group) is 1. The molecule has 2 rings (SSSR count). The van der Waals surface area contributed by atoms with Crippen LogP contribution in [-0.4, -0.2) is 50.6 Å². The molecule has 0 radical (unpaired) electrons. The largest absolute Gasteiger partial charge is 0.360 e. The van der Waals surface area contributed by atoms with Crippen molar-refractivity contribution in [3.63, 3.8) is 0 Å². The highest BCUT2D eigenvalue weighted by Gasteiger charge is 2.29. The SMILES string of the molecule is CNCCC1CN(c2cccc(F)c2)CC(=O)N1C. The average molecular weight is 265 g/mol. The first-order valence-electron chi connectivity index (χ1n) is 6.52. The molecule has 0 spiro atoms. The fraction of sp³-hybridized carbons (Fsp3) is 0.500. The second-order valence-corrected chi connectivity index (χ2v) is 4.91. The Balaban J connectivity index is 2.12. The maximum absolute atomic E-state index is 13.3. The number of amides is 1. The van der Waals surface area contributed by atoms with Crippen LogP contribution in [-0.2, 0) is 4.79 Å². The van der Waals surface area contributed by atoms with E-state index in [1.165, 1.54) is 12.1 Å². The molecule has 0 saturated carbocycles. The zero-order chi connectivity index (χ0) is 13.8. The molecule has 1 amide bonds. The van der Waals surface area contributed by atoms with Gasteiger partial charge in [-0.05, 0) is 38.2 Å². The first-order chi connectivity index (χ1) is 9.11. The highest BCUT2D eigenvalue weighted by atomic mass is 19.1. The number of benzene rings is 1. The first kappa shape index (κ1) is 13.8. The van der Waals surface area contributed by atoms with Crippen LogP contribution in [0.1, 0.15) is 6.42 Å². The maximum Gasteiger partial charge on any atom is 0.242 e. The molecule has 1 aromatic carbocycles. The smallest absolute Gasteiger partial charge is 0.242 e. The van der Waals surface area contributed by atoms with Gasteiger partial charge in [0, 0.05) is 19.3 Å². The molecule has 1 aliphatic heterocycles. The summed E-state index contributed by atoms with van der Waals surface area (Å²) in [5.74, 6) is -0.188. The zero-order valence-corrected chi connectivity index (χ0v) is 11.4. The predicted octanol–water partition coefficient (Wildman–Crippen LogP) is 1.08. The van der Waals surface area contributed by atoms with Crippen LogP contribution in [0.2, 0.25) is 0 Å². The zero-order valence-electron chi connectivity index (χ0n) is 11.4. The van der Waals surface area contributed by atoms with E-state index in [9.17, 15) is 9.18 Å². The highest BCUT2D eigenvalue weighted by molar-refractivity contribution is 5.83. The Bertz CT molecular complexity index is 452. The molecule has 1 N–H and O–H groups in total. The molecule has 4 nitrogen and oxygen atoms in total. The summed E-state index contributed by atoms with van der Waals surface area (Å²) in [6, 6.07) is 6.58. The minimum absolute atomic E-state index is 0.0802. The van der Waals surface area contributed by atoms with Crippen LogP contribution in [0.5, 0.6) is 0 Å². The third-order valence-electron chi connectivity index (χ3n) is 3.60. The molecule has 104 valence electrons. The summed E-state index contributed by atoms with van der Waals surface area (Å²) >= 11 is 0. The molecule has 1 aromatic rings. The van der Waals surface area contributed by atoms with Crippen molar-refractivity contribution in [3.05, 3.63) is 30.1 Å². The van der Waals surface area contributed by atoms with E-state index in [-0.39, 0.29) is 17.8 Å². The number of rotatable bonds is 4. The number of carbonyl (C=O) groups is 1. The Morgan fingerprint density at radius 1 is 1.47 bits per heavy atom. The van der Waals surface area contributed by atoms with Gasteiger partial charge in [-0.1, -0.05) is 6.07 Å². The van der Waals surface area contributed by atoms with Gasteiger partial charge >= 0.3 is 0 Å². The molecule has 0 aromatic heterocycles. The van der Waals surface area contributed by atoms with Crippen molar-refractivity contribution in [2.24, 2.45) is 0 Å². The van der Waals surface area contributed by atoms with Crippen LogP contribution >= 0.6 is 0 Å². The Morgan fingerprint density at radius 2 is 2.26 bits per heavy atom. The van der Waals surface area contributed by atoms with E-state index in [1.54, 1.807) is 11.0 Å². The van der Waals surface area contributed by atoms with Crippen LogP contribution in [0.3, 0.4) is 0 Å². The number of nitrogens with one attached hydrogen (secondary N) is 1. The Hall–Kier alpha value is -1.62. The predicted molar refractivity (Wildman–Crippen MR) is 73.7 cm³/mol. The average Bonchev–Trinajstić information content (AvgIpc) is 2.40. The van der Waals surface area contributed by atoms with Gasteiger partial charge in [0.25, 0.3) is 0 Å². The summed E-state index contributed by atoms with van der Waals surface area (Å²) in [6.45, 7) is 1.92. The molecule has 19 heavy (non-hydrogen) atoms.